The van der Waals surface area contributed by atoms with Gasteiger partial charge < -0.3 is 10.2 Å². The fourth-order valence-corrected chi connectivity index (χ4v) is 3.05. The molecule has 1 aromatic heterocycles. The number of nitrogens with one attached hydrogen (secondary N) is 1. The number of hydrogen-bond donors (Lipinski definition) is 1. The third-order valence-electron chi connectivity index (χ3n) is 4.06. The first-order valence-electron chi connectivity index (χ1n) is 7.98. The van der Waals surface area contributed by atoms with Gasteiger partial charge in [-0.3, -0.25) is 0 Å². The Morgan fingerprint density at radius 1 is 1.18 bits per heavy atom. The lowest BCUT2D eigenvalue weighted by atomic mass is 9.95. The molecule has 1 atom stereocenters. The molecule has 2 aromatic rings. The van der Waals surface area contributed by atoms with Crippen LogP contribution < -0.4 is 10.2 Å². The quantitative estimate of drug-likeness (QED) is 0.940. The largest absolute Gasteiger partial charge is 0.368 e. The molecule has 1 aromatic carbocycles. The Kier molecular flexibility index (Phi) is 4.01. The summed E-state index contributed by atoms with van der Waals surface area (Å²) in [6, 6.07) is 11.6. The van der Waals surface area contributed by atoms with Crippen molar-refractivity contribution in [2.24, 2.45) is 0 Å². The number of hydrogen-bond acceptors (Lipinski definition) is 4. The van der Waals surface area contributed by atoms with Crippen LogP contribution in [0.4, 0.5) is 11.6 Å². The van der Waals surface area contributed by atoms with Crippen molar-refractivity contribution in [2.45, 2.75) is 52.7 Å². The average Bonchev–Trinajstić information content (AvgIpc) is 2.45. The van der Waals surface area contributed by atoms with Gasteiger partial charge in [0.1, 0.15) is 17.5 Å². The minimum Gasteiger partial charge on any atom is -0.368 e. The van der Waals surface area contributed by atoms with E-state index in [-0.39, 0.29) is 0 Å². The van der Waals surface area contributed by atoms with Crippen molar-refractivity contribution in [2.75, 3.05) is 10.2 Å². The Hall–Kier alpha value is -2.10. The van der Waals surface area contributed by atoms with E-state index in [2.05, 4.69) is 71.3 Å². The first-order valence-corrected chi connectivity index (χ1v) is 7.98. The van der Waals surface area contributed by atoms with Crippen LogP contribution in [-0.4, -0.2) is 22.1 Å². The van der Waals surface area contributed by atoms with E-state index in [4.69, 9.17) is 0 Å². The van der Waals surface area contributed by atoms with Crippen molar-refractivity contribution in [1.82, 2.24) is 9.97 Å². The van der Waals surface area contributed by atoms with Crippen LogP contribution in [0.5, 0.6) is 0 Å². The van der Waals surface area contributed by atoms with Crippen LogP contribution in [0.2, 0.25) is 0 Å². The summed E-state index contributed by atoms with van der Waals surface area (Å²) in [5.41, 5.74) is 2.85. The molecular weight excluding hydrogens is 272 g/mol. The van der Waals surface area contributed by atoms with E-state index in [0.29, 0.717) is 12.1 Å². The zero-order valence-corrected chi connectivity index (χ0v) is 13.8. The molecule has 0 radical (unpaired) electrons. The molecule has 0 amide bonds. The molecule has 1 aliphatic heterocycles. The fraction of sp³-hybridized carbons (Fsp3) is 0.444. The summed E-state index contributed by atoms with van der Waals surface area (Å²) in [5, 5.41) is 3.38. The van der Waals surface area contributed by atoms with Crippen molar-refractivity contribution < 1.29 is 0 Å². The first-order chi connectivity index (χ1) is 10.5. The minimum atomic E-state index is 0.363. The maximum absolute atomic E-state index is 4.66. The molecule has 22 heavy (non-hydrogen) atoms. The molecule has 0 aliphatic carbocycles. The number of benzene rings is 1. The van der Waals surface area contributed by atoms with Gasteiger partial charge in [0.25, 0.3) is 0 Å². The van der Waals surface area contributed by atoms with Crippen molar-refractivity contribution >= 4 is 11.6 Å². The Labute approximate surface area is 132 Å². The Balaban J connectivity index is 1.92. The number of nitrogens with zero attached hydrogens (tertiary/aromatic N) is 3. The maximum atomic E-state index is 4.66. The summed E-state index contributed by atoms with van der Waals surface area (Å²) in [6.45, 7) is 9.38. The highest BCUT2D eigenvalue weighted by molar-refractivity contribution is 5.52. The van der Waals surface area contributed by atoms with Gasteiger partial charge in [-0.05, 0) is 45.2 Å². The molecule has 116 valence electrons. The minimum absolute atomic E-state index is 0.363. The van der Waals surface area contributed by atoms with Gasteiger partial charge in [-0.2, -0.15) is 0 Å². The predicted molar refractivity (Wildman–Crippen MR) is 91.3 cm³/mol. The summed E-state index contributed by atoms with van der Waals surface area (Å²) in [4.78, 5) is 11.5. The molecule has 0 bridgehead atoms. The SMILES string of the molecule is Cc1nc(NC(C)C)cc(N2Cc3ccccc3C[C@@H]2C)n1. The summed E-state index contributed by atoms with van der Waals surface area (Å²) in [7, 11) is 0. The standard InChI is InChI=1S/C18H24N4/c1-12(2)19-17-10-18(21-14(4)20-17)22-11-16-8-6-5-7-15(16)9-13(22)3/h5-8,10,12-13H,9,11H2,1-4H3,(H,19,20,21)/t13-/m0/s1. The molecular formula is C18H24N4. The average molecular weight is 296 g/mol. The molecule has 0 saturated carbocycles. The molecule has 1 aliphatic rings. The van der Waals surface area contributed by atoms with Gasteiger partial charge in [-0.1, -0.05) is 24.3 Å². The second kappa shape index (κ2) is 5.95. The van der Waals surface area contributed by atoms with E-state index in [1.807, 2.05) is 6.92 Å². The van der Waals surface area contributed by atoms with E-state index in [0.717, 1.165) is 30.4 Å². The molecule has 1 N–H and O–H groups in total. The van der Waals surface area contributed by atoms with Gasteiger partial charge in [0, 0.05) is 24.7 Å². The van der Waals surface area contributed by atoms with Crippen molar-refractivity contribution in [3.05, 3.63) is 47.3 Å². The Bertz CT molecular complexity index is 666. The van der Waals surface area contributed by atoms with Crippen LogP contribution in [0.3, 0.4) is 0 Å². The number of aryl methyl sites for hydroxylation is 1. The summed E-state index contributed by atoms with van der Waals surface area (Å²) in [5.74, 6) is 2.73. The lowest BCUT2D eigenvalue weighted by molar-refractivity contribution is 0.585. The molecule has 0 spiro atoms. The maximum Gasteiger partial charge on any atom is 0.134 e. The molecule has 0 fully saturated rings. The van der Waals surface area contributed by atoms with E-state index < -0.39 is 0 Å². The number of aromatic nitrogens is 2. The highest BCUT2D eigenvalue weighted by atomic mass is 15.2. The Morgan fingerprint density at radius 3 is 2.64 bits per heavy atom. The van der Waals surface area contributed by atoms with Crippen LogP contribution in [0, 0.1) is 6.92 Å². The highest BCUT2D eigenvalue weighted by Crippen LogP contribution is 2.28. The molecule has 2 heterocycles. The van der Waals surface area contributed by atoms with Crippen LogP contribution in [0.25, 0.3) is 0 Å². The summed E-state index contributed by atoms with van der Waals surface area (Å²) >= 11 is 0. The van der Waals surface area contributed by atoms with Crippen molar-refractivity contribution in [3.63, 3.8) is 0 Å². The van der Waals surface area contributed by atoms with Gasteiger partial charge in [0.2, 0.25) is 0 Å². The zero-order chi connectivity index (χ0) is 15.7. The van der Waals surface area contributed by atoms with Gasteiger partial charge in [0.05, 0.1) is 0 Å². The normalized spacial score (nSPS) is 17.5. The summed E-state index contributed by atoms with van der Waals surface area (Å²) in [6.07, 6.45) is 1.06. The predicted octanol–water partition coefficient (Wildman–Crippen LogP) is 3.56. The third-order valence-corrected chi connectivity index (χ3v) is 4.06. The molecule has 0 unspecified atom stereocenters. The molecule has 0 saturated heterocycles. The van der Waals surface area contributed by atoms with E-state index in [1.54, 1.807) is 0 Å². The van der Waals surface area contributed by atoms with Gasteiger partial charge in [-0.15, -0.1) is 0 Å². The van der Waals surface area contributed by atoms with Gasteiger partial charge in [0.15, 0.2) is 0 Å². The Morgan fingerprint density at radius 2 is 1.91 bits per heavy atom. The fourth-order valence-electron chi connectivity index (χ4n) is 3.05. The van der Waals surface area contributed by atoms with Gasteiger partial charge >= 0.3 is 0 Å². The van der Waals surface area contributed by atoms with E-state index in [1.165, 1.54) is 11.1 Å². The van der Waals surface area contributed by atoms with Gasteiger partial charge in [-0.25, -0.2) is 9.97 Å². The topological polar surface area (TPSA) is 41.1 Å². The molecule has 3 rings (SSSR count). The number of rotatable bonds is 3. The zero-order valence-electron chi connectivity index (χ0n) is 13.8. The van der Waals surface area contributed by atoms with Crippen LogP contribution in [0.15, 0.2) is 30.3 Å². The number of fused-ring (bicyclic) bond motifs is 1. The van der Waals surface area contributed by atoms with E-state index in [9.17, 15) is 0 Å². The lowest BCUT2D eigenvalue weighted by Gasteiger charge is -2.36. The summed E-state index contributed by atoms with van der Waals surface area (Å²) < 4.78 is 0. The van der Waals surface area contributed by atoms with Crippen molar-refractivity contribution in [1.29, 1.82) is 0 Å². The monoisotopic (exact) mass is 296 g/mol. The van der Waals surface area contributed by atoms with Crippen LogP contribution in [-0.2, 0) is 13.0 Å². The third kappa shape index (κ3) is 3.06. The van der Waals surface area contributed by atoms with E-state index >= 15 is 0 Å². The number of anilines is 2. The van der Waals surface area contributed by atoms with Crippen LogP contribution >= 0.6 is 0 Å². The highest BCUT2D eigenvalue weighted by Gasteiger charge is 2.24. The molecule has 4 heteroatoms. The smallest absolute Gasteiger partial charge is 0.134 e. The second-order valence-corrected chi connectivity index (χ2v) is 6.41. The first kappa shape index (κ1) is 14.8. The second-order valence-electron chi connectivity index (χ2n) is 6.41. The molecule has 4 nitrogen and oxygen atoms in total. The van der Waals surface area contributed by atoms with Crippen LogP contribution in [0.1, 0.15) is 37.7 Å². The lowest BCUT2D eigenvalue weighted by Crippen LogP contribution is -2.39. The van der Waals surface area contributed by atoms with Crippen molar-refractivity contribution in [3.8, 4) is 0 Å².